The first-order chi connectivity index (χ1) is 21.7. The molecule has 0 amide bonds. The van der Waals surface area contributed by atoms with Crippen molar-refractivity contribution in [3.05, 3.63) is 70.3 Å². The van der Waals surface area contributed by atoms with Gasteiger partial charge in [-0.25, -0.2) is 0 Å². The highest BCUT2D eigenvalue weighted by Crippen LogP contribution is 2.28. The van der Waals surface area contributed by atoms with Crippen LogP contribution in [0.4, 0.5) is 0 Å². The second-order valence-electron chi connectivity index (χ2n) is 14.6. The fourth-order valence-electron chi connectivity index (χ4n) is 5.33. The quantitative estimate of drug-likeness (QED) is 0.146. The predicted octanol–water partition coefficient (Wildman–Crippen LogP) is 13.3. The number of hydrogen-bond donors (Lipinski definition) is 3. The minimum absolute atomic E-state index is 0.125. The molecule has 0 saturated heterocycles. The number of thiol groups is 2. The van der Waals surface area contributed by atoms with E-state index in [1.54, 1.807) is 23.6 Å². The van der Waals surface area contributed by atoms with Crippen LogP contribution < -0.4 is 5.14 Å². The molecule has 2 nitrogen and oxygen atoms in total. The summed E-state index contributed by atoms with van der Waals surface area (Å²) < 4.78 is 0.194. The van der Waals surface area contributed by atoms with Gasteiger partial charge in [-0.2, -0.15) is 12.6 Å². The van der Waals surface area contributed by atoms with Crippen LogP contribution >= 0.6 is 25.4 Å². The molecular weight excluding hydrogens is 599 g/mol. The second-order valence-corrected chi connectivity index (χ2v) is 15.9. The molecule has 0 saturated carbocycles. The van der Waals surface area contributed by atoms with E-state index in [1.807, 2.05) is 31.2 Å². The molecule has 2 atom stereocenters. The zero-order valence-electron chi connectivity index (χ0n) is 32.1. The smallest absolute Gasteiger partial charge is 0.159 e. The van der Waals surface area contributed by atoms with E-state index in [0.717, 1.165) is 23.3 Å². The summed E-state index contributed by atoms with van der Waals surface area (Å²) in [4.78, 5) is 10.8. The number of rotatable bonds is 13. The van der Waals surface area contributed by atoms with Gasteiger partial charge >= 0.3 is 0 Å². The van der Waals surface area contributed by atoms with Gasteiger partial charge < -0.3 is 0 Å². The molecule has 0 bridgehead atoms. The van der Waals surface area contributed by atoms with Crippen LogP contribution in [0.1, 0.15) is 172 Å². The van der Waals surface area contributed by atoms with Gasteiger partial charge in [-0.05, 0) is 74.0 Å². The van der Waals surface area contributed by atoms with Gasteiger partial charge in [-0.1, -0.05) is 175 Å². The zero-order valence-corrected chi connectivity index (χ0v) is 33.8. The van der Waals surface area contributed by atoms with Crippen molar-refractivity contribution in [3.63, 3.8) is 0 Å². The molecule has 3 rings (SSSR count). The van der Waals surface area contributed by atoms with Crippen LogP contribution in [0.3, 0.4) is 0 Å². The third kappa shape index (κ3) is 26.8. The van der Waals surface area contributed by atoms with Crippen molar-refractivity contribution in [2.45, 2.75) is 171 Å². The summed E-state index contributed by atoms with van der Waals surface area (Å²) in [5.41, 5.74) is 6.84. The summed E-state index contributed by atoms with van der Waals surface area (Å²) in [5.74, 6) is 2.87. The molecule has 2 aromatic rings. The summed E-state index contributed by atoms with van der Waals surface area (Å²) in [6.45, 7) is 23.6. The fourth-order valence-corrected chi connectivity index (χ4v) is 5.33. The Morgan fingerprint density at radius 1 is 0.870 bits per heavy atom. The minimum Gasteiger partial charge on any atom is -0.295 e. The van der Waals surface area contributed by atoms with Crippen LogP contribution in [-0.2, 0) is 19.3 Å². The Hall–Kier alpha value is -1.23. The van der Waals surface area contributed by atoms with Crippen LogP contribution in [-0.4, -0.2) is 10.5 Å². The van der Waals surface area contributed by atoms with E-state index in [1.165, 1.54) is 95.5 Å². The monoisotopic (exact) mass is 674 g/mol. The normalized spacial score (nSPS) is 14.1. The maximum Gasteiger partial charge on any atom is 0.159 e. The number of carbonyl (C=O) groups is 1. The number of nitrogens with two attached hydrogens (primary N) is 1. The van der Waals surface area contributed by atoms with Crippen molar-refractivity contribution in [2.75, 3.05) is 0 Å². The Balaban J connectivity index is 0. The van der Waals surface area contributed by atoms with E-state index in [-0.39, 0.29) is 10.5 Å². The first-order valence-corrected chi connectivity index (χ1v) is 19.4. The Morgan fingerprint density at radius 3 is 1.83 bits per heavy atom. The van der Waals surface area contributed by atoms with Gasteiger partial charge in [0.05, 0.1) is 0 Å². The molecule has 2 N–H and O–H groups in total. The Bertz CT molecular complexity index is 982. The molecule has 0 radical (unpaired) electrons. The fraction of sp³-hybridized carbons (Fsp3) is 0.690. The number of Topliss-reactive ketones (excluding diaryl/α,β-unsaturated/α-hetero) is 1. The topological polar surface area (TPSA) is 43.1 Å². The average molecular weight is 674 g/mol. The number of ketones is 1. The van der Waals surface area contributed by atoms with Gasteiger partial charge in [0.25, 0.3) is 0 Å². The number of hydrogen-bond acceptors (Lipinski definition) is 4. The maximum atomic E-state index is 10.8. The van der Waals surface area contributed by atoms with E-state index >= 15 is 0 Å². The largest absolute Gasteiger partial charge is 0.295 e. The van der Waals surface area contributed by atoms with E-state index < -0.39 is 0 Å². The Labute approximate surface area is 298 Å². The lowest BCUT2D eigenvalue weighted by Gasteiger charge is -2.23. The number of fused-ring (bicyclic) bond motifs is 1. The van der Waals surface area contributed by atoms with E-state index in [2.05, 4.69) is 111 Å². The van der Waals surface area contributed by atoms with Crippen LogP contribution in [0.2, 0.25) is 0 Å². The second kappa shape index (κ2) is 28.8. The van der Waals surface area contributed by atoms with Gasteiger partial charge in [0, 0.05) is 10.3 Å². The van der Waals surface area contributed by atoms with Gasteiger partial charge in [-0.15, -0.1) is 12.8 Å². The van der Waals surface area contributed by atoms with Crippen molar-refractivity contribution in [2.24, 2.45) is 22.9 Å². The maximum absolute atomic E-state index is 10.8. The summed E-state index contributed by atoms with van der Waals surface area (Å²) in [6.07, 6.45) is 19.1. The van der Waals surface area contributed by atoms with Crippen molar-refractivity contribution in [1.29, 1.82) is 0 Å². The highest BCUT2D eigenvalue weighted by molar-refractivity contribution is 7.81. The number of aryl methyl sites for hydroxylation is 2. The average Bonchev–Trinajstić information content (AvgIpc) is 3.02. The zero-order chi connectivity index (χ0) is 35.5. The van der Waals surface area contributed by atoms with Crippen molar-refractivity contribution in [3.8, 4) is 0 Å². The standard InChI is InChI=1S/C21H34.C9H10O.C8H18.C4H10S.H3NS/c1-4-6-8-18(9-7-5-2)15-19-11-13-20-14-17(3)10-12-21(20)16-19;1-7-3-5-9(6-4-7)8(2)10;1-4-6-7-8(3)5-2;1-4(2,3)5;1-2/h11,13,16-18H,4-10,12,14-15H2,1-3H3;3-6H,1-2H3;8H,4-7H2,1-3H3;5H,1-3H3;2H,1H2. The molecule has 4 heteroatoms. The van der Waals surface area contributed by atoms with Crippen LogP contribution in [0.25, 0.3) is 0 Å². The Kier molecular flexibility index (Phi) is 29.3. The molecule has 46 heavy (non-hydrogen) atoms. The van der Waals surface area contributed by atoms with Crippen molar-refractivity contribution in [1.82, 2.24) is 0 Å². The molecule has 1 aliphatic carbocycles. The van der Waals surface area contributed by atoms with Gasteiger partial charge in [0.15, 0.2) is 5.78 Å². The highest BCUT2D eigenvalue weighted by atomic mass is 32.1. The molecule has 1 aliphatic rings. The number of benzene rings is 2. The summed E-state index contributed by atoms with van der Waals surface area (Å²) in [7, 11) is 0. The lowest BCUT2D eigenvalue weighted by atomic mass is 9.82. The number of unbranched alkanes of at least 4 members (excludes halogenated alkanes) is 3. The molecule has 2 unspecified atom stereocenters. The highest BCUT2D eigenvalue weighted by Gasteiger charge is 2.16. The van der Waals surface area contributed by atoms with Crippen molar-refractivity contribution < 1.29 is 4.79 Å². The lowest BCUT2D eigenvalue weighted by Crippen LogP contribution is -2.12. The molecule has 0 fully saturated rings. The molecule has 0 aliphatic heterocycles. The predicted molar refractivity (Wildman–Crippen MR) is 216 cm³/mol. The van der Waals surface area contributed by atoms with E-state index in [4.69, 9.17) is 0 Å². The van der Waals surface area contributed by atoms with Crippen LogP contribution in [0, 0.1) is 24.7 Å². The summed E-state index contributed by atoms with van der Waals surface area (Å²) in [6, 6.07) is 15.0. The number of carbonyl (C=O) groups excluding carboxylic acids is 1. The summed E-state index contributed by atoms with van der Waals surface area (Å²) in [5, 5.41) is 4.19. The van der Waals surface area contributed by atoms with Gasteiger partial charge in [-0.3, -0.25) is 9.93 Å². The first-order valence-electron chi connectivity index (χ1n) is 18.4. The van der Waals surface area contributed by atoms with E-state index in [0.29, 0.717) is 0 Å². The third-order valence-corrected chi connectivity index (χ3v) is 8.41. The summed E-state index contributed by atoms with van der Waals surface area (Å²) >= 11 is 7.15. The van der Waals surface area contributed by atoms with Crippen LogP contribution in [0.5, 0.6) is 0 Å². The molecule has 0 heterocycles. The molecule has 266 valence electrons. The molecular formula is C42H75NOS2. The van der Waals surface area contributed by atoms with Crippen molar-refractivity contribution >= 4 is 31.2 Å². The van der Waals surface area contributed by atoms with Gasteiger partial charge in [0.2, 0.25) is 0 Å². The SMILES string of the molecule is CC(=O)c1ccc(C)cc1.CC(C)(C)S.CCCCC(C)CC.CCCCC(CCCC)Cc1ccc2c(c1)CCC(C)C2.NS. The third-order valence-electron chi connectivity index (χ3n) is 8.41. The van der Waals surface area contributed by atoms with Crippen LogP contribution in [0.15, 0.2) is 42.5 Å². The van der Waals surface area contributed by atoms with Gasteiger partial charge in [0.1, 0.15) is 0 Å². The Morgan fingerprint density at radius 2 is 1.37 bits per heavy atom. The molecule has 0 spiro atoms. The van der Waals surface area contributed by atoms with E-state index in [9.17, 15) is 4.79 Å². The minimum atomic E-state index is 0.125. The first kappa shape index (κ1) is 46.9. The molecule has 0 aromatic heterocycles. The molecule has 2 aromatic carbocycles. The lowest BCUT2D eigenvalue weighted by molar-refractivity contribution is 0.101.